The minimum Gasteiger partial charge on any atom is -0.302 e. The number of fused-ring (bicyclic) bond motifs is 1. The molecule has 90 valence electrons. The Bertz CT molecular complexity index is 369. The highest BCUT2D eigenvalue weighted by atomic mass is 15.1. The van der Waals surface area contributed by atoms with E-state index in [4.69, 9.17) is 0 Å². The first kappa shape index (κ1) is 11.0. The smallest absolute Gasteiger partial charge is 0.0270 e. The second kappa shape index (κ2) is 5.01. The van der Waals surface area contributed by atoms with Crippen LogP contribution in [0.5, 0.6) is 0 Å². The first-order valence-corrected chi connectivity index (χ1v) is 6.68. The molecule has 0 N–H and O–H groups in total. The van der Waals surface area contributed by atoms with E-state index in [0.29, 0.717) is 0 Å². The van der Waals surface area contributed by atoms with E-state index in [2.05, 4.69) is 34.2 Å². The highest BCUT2D eigenvalue weighted by Crippen LogP contribution is 2.32. The summed E-state index contributed by atoms with van der Waals surface area (Å²) in [4.78, 5) is 6.70. The summed E-state index contributed by atoms with van der Waals surface area (Å²) < 4.78 is 0. The van der Waals surface area contributed by atoms with Crippen molar-refractivity contribution < 1.29 is 0 Å². The molecule has 17 heavy (non-hydrogen) atoms. The number of nitrogens with zero attached hydrogens (tertiary/aromatic N) is 2. The van der Waals surface area contributed by atoms with Crippen molar-refractivity contribution in [3.63, 3.8) is 0 Å². The molecule has 0 amide bonds. The van der Waals surface area contributed by atoms with Gasteiger partial charge in [-0.15, -0.1) is 0 Å². The average Bonchev–Trinajstić information content (AvgIpc) is 2.80. The van der Waals surface area contributed by atoms with Gasteiger partial charge in [0.1, 0.15) is 0 Å². The lowest BCUT2D eigenvalue weighted by atomic mass is 9.86. The number of likely N-dealkylation sites (tertiary alicyclic amines) is 1. The van der Waals surface area contributed by atoms with E-state index in [1.165, 1.54) is 38.0 Å². The number of aromatic nitrogens is 1. The van der Waals surface area contributed by atoms with Gasteiger partial charge in [0.15, 0.2) is 0 Å². The lowest BCUT2D eigenvalue weighted by molar-refractivity contribution is 0.326. The average molecular weight is 228 g/mol. The highest BCUT2D eigenvalue weighted by Gasteiger charge is 2.32. The van der Waals surface area contributed by atoms with E-state index in [-0.39, 0.29) is 0 Å². The molecule has 0 spiro atoms. The Balaban J connectivity index is 1.51. The van der Waals surface area contributed by atoms with E-state index in [9.17, 15) is 0 Å². The maximum Gasteiger partial charge on any atom is 0.0270 e. The van der Waals surface area contributed by atoms with E-state index >= 15 is 0 Å². The molecule has 3 rings (SSSR count). The first-order valence-electron chi connectivity index (χ1n) is 6.68. The van der Waals surface area contributed by atoms with Crippen molar-refractivity contribution in [3.8, 4) is 0 Å². The van der Waals surface area contributed by atoms with E-state index in [1.807, 2.05) is 12.4 Å². The number of hydrogen-bond donors (Lipinski definition) is 0. The molecule has 2 heterocycles. The van der Waals surface area contributed by atoms with Crippen molar-refractivity contribution in [3.05, 3.63) is 42.2 Å². The third-order valence-corrected chi connectivity index (χ3v) is 4.16. The van der Waals surface area contributed by atoms with Crippen LogP contribution in [0.15, 0.2) is 36.7 Å². The van der Waals surface area contributed by atoms with Crippen molar-refractivity contribution in [1.29, 1.82) is 0 Å². The molecule has 1 aliphatic carbocycles. The van der Waals surface area contributed by atoms with Gasteiger partial charge < -0.3 is 4.90 Å². The van der Waals surface area contributed by atoms with Gasteiger partial charge in [-0.2, -0.15) is 0 Å². The SMILES string of the molecule is C1=CC[C@H]2CN(CCc3ccncc3)C[C@H]2C1. The Morgan fingerprint density at radius 2 is 1.71 bits per heavy atom. The molecule has 2 heteroatoms. The summed E-state index contributed by atoms with van der Waals surface area (Å²) in [5.74, 6) is 1.86. The first-order chi connectivity index (χ1) is 8.42. The molecule has 2 nitrogen and oxygen atoms in total. The normalized spacial score (nSPS) is 28.2. The summed E-state index contributed by atoms with van der Waals surface area (Å²) in [6, 6.07) is 4.26. The molecule has 1 aromatic rings. The Morgan fingerprint density at radius 3 is 2.35 bits per heavy atom. The third-order valence-electron chi connectivity index (χ3n) is 4.16. The predicted octanol–water partition coefficient (Wildman–Crippen LogP) is 2.52. The molecule has 0 bridgehead atoms. The lowest BCUT2D eigenvalue weighted by Crippen LogP contribution is -2.23. The molecule has 1 fully saturated rings. The van der Waals surface area contributed by atoms with Crippen LogP contribution in [0.25, 0.3) is 0 Å². The van der Waals surface area contributed by atoms with E-state index in [1.54, 1.807) is 0 Å². The molecular formula is C15H20N2. The molecule has 1 aliphatic heterocycles. The minimum absolute atomic E-state index is 0.928. The van der Waals surface area contributed by atoms with Crippen molar-refractivity contribution in [2.24, 2.45) is 11.8 Å². The van der Waals surface area contributed by atoms with Crippen LogP contribution in [0.3, 0.4) is 0 Å². The fraction of sp³-hybridized carbons (Fsp3) is 0.533. The van der Waals surface area contributed by atoms with Gasteiger partial charge in [0, 0.05) is 32.0 Å². The molecule has 2 atom stereocenters. The van der Waals surface area contributed by atoms with Gasteiger partial charge in [0.05, 0.1) is 0 Å². The molecule has 0 saturated carbocycles. The Morgan fingerprint density at radius 1 is 1.06 bits per heavy atom. The lowest BCUT2D eigenvalue weighted by Gasteiger charge is -2.18. The van der Waals surface area contributed by atoms with Crippen LogP contribution >= 0.6 is 0 Å². The number of hydrogen-bond acceptors (Lipinski definition) is 2. The van der Waals surface area contributed by atoms with Gasteiger partial charge >= 0.3 is 0 Å². The molecule has 1 saturated heterocycles. The van der Waals surface area contributed by atoms with Crippen LogP contribution in [0, 0.1) is 11.8 Å². The Hall–Kier alpha value is -1.15. The van der Waals surface area contributed by atoms with Crippen LogP contribution < -0.4 is 0 Å². The van der Waals surface area contributed by atoms with E-state index in [0.717, 1.165) is 18.3 Å². The summed E-state index contributed by atoms with van der Waals surface area (Å²) >= 11 is 0. The third kappa shape index (κ3) is 2.58. The van der Waals surface area contributed by atoms with Gasteiger partial charge in [-0.3, -0.25) is 4.98 Å². The molecule has 0 unspecified atom stereocenters. The Labute approximate surface area is 103 Å². The second-order valence-corrected chi connectivity index (χ2v) is 5.33. The summed E-state index contributed by atoms with van der Waals surface area (Å²) in [7, 11) is 0. The predicted molar refractivity (Wildman–Crippen MR) is 69.7 cm³/mol. The molecule has 2 aliphatic rings. The maximum absolute atomic E-state index is 4.06. The largest absolute Gasteiger partial charge is 0.302 e. The number of pyridine rings is 1. The van der Waals surface area contributed by atoms with Crippen molar-refractivity contribution in [1.82, 2.24) is 9.88 Å². The quantitative estimate of drug-likeness (QED) is 0.739. The fourth-order valence-corrected chi connectivity index (χ4v) is 3.13. The van der Waals surface area contributed by atoms with Crippen LogP contribution in [0.4, 0.5) is 0 Å². The highest BCUT2D eigenvalue weighted by molar-refractivity contribution is 5.10. The number of rotatable bonds is 3. The van der Waals surface area contributed by atoms with Gasteiger partial charge in [-0.25, -0.2) is 0 Å². The van der Waals surface area contributed by atoms with Crippen molar-refractivity contribution in [2.45, 2.75) is 19.3 Å². The zero-order valence-corrected chi connectivity index (χ0v) is 10.3. The Kier molecular flexibility index (Phi) is 3.23. The van der Waals surface area contributed by atoms with Crippen molar-refractivity contribution in [2.75, 3.05) is 19.6 Å². The van der Waals surface area contributed by atoms with Crippen LogP contribution in [-0.4, -0.2) is 29.5 Å². The molecule has 0 radical (unpaired) electrons. The van der Waals surface area contributed by atoms with Gasteiger partial charge in [-0.1, -0.05) is 12.2 Å². The van der Waals surface area contributed by atoms with Crippen LogP contribution in [-0.2, 0) is 6.42 Å². The van der Waals surface area contributed by atoms with Gasteiger partial charge in [-0.05, 0) is 48.8 Å². The zero-order chi connectivity index (χ0) is 11.5. The minimum atomic E-state index is 0.928. The summed E-state index contributed by atoms with van der Waals surface area (Å²) in [6.45, 7) is 3.82. The van der Waals surface area contributed by atoms with E-state index < -0.39 is 0 Å². The maximum atomic E-state index is 4.06. The van der Waals surface area contributed by atoms with Crippen LogP contribution in [0.2, 0.25) is 0 Å². The fourth-order valence-electron chi connectivity index (χ4n) is 3.13. The molecular weight excluding hydrogens is 208 g/mol. The van der Waals surface area contributed by atoms with Gasteiger partial charge in [0.2, 0.25) is 0 Å². The summed E-state index contributed by atoms with van der Waals surface area (Å²) in [5, 5.41) is 0. The van der Waals surface area contributed by atoms with Gasteiger partial charge in [0.25, 0.3) is 0 Å². The van der Waals surface area contributed by atoms with Crippen molar-refractivity contribution >= 4 is 0 Å². The van der Waals surface area contributed by atoms with Crippen LogP contribution in [0.1, 0.15) is 18.4 Å². The molecule has 1 aromatic heterocycles. The number of allylic oxidation sites excluding steroid dienone is 2. The summed E-state index contributed by atoms with van der Waals surface area (Å²) in [5.41, 5.74) is 1.41. The topological polar surface area (TPSA) is 16.1 Å². The summed E-state index contributed by atoms with van der Waals surface area (Å²) in [6.07, 6.45) is 12.3. The zero-order valence-electron chi connectivity index (χ0n) is 10.3. The monoisotopic (exact) mass is 228 g/mol. The second-order valence-electron chi connectivity index (χ2n) is 5.33. The molecule has 0 aromatic carbocycles. The standard InChI is InChI=1S/C15H20N2/c1-2-4-15-12-17(11-14(15)3-1)10-7-13-5-8-16-9-6-13/h1-2,5-6,8-9,14-15H,3-4,7,10-12H2/t14-,15+.